The first-order valence-corrected chi connectivity index (χ1v) is 4.72. The maximum atomic E-state index is 4.85. The number of aryl methyl sites for hydroxylation is 1. The van der Waals surface area contributed by atoms with Gasteiger partial charge in [0.1, 0.15) is 0 Å². The molecule has 0 radical (unpaired) electrons. The van der Waals surface area contributed by atoms with Crippen LogP contribution in [0.2, 0.25) is 0 Å². The minimum absolute atomic E-state index is 0.622. The first kappa shape index (κ1) is 10.7. The monoisotopic (exact) mass is 193 g/mol. The first-order chi connectivity index (χ1) is 6.83. The molecule has 0 unspecified atom stereocenters. The van der Waals surface area contributed by atoms with Gasteiger partial charge in [-0.1, -0.05) is 5.16 Å². The Labute approximate surface area is 84.1 Å². The zero-order valence-electron chi connectivity index (χ0n) is 8.63. The van der Waals surface area contributed by atoms with Crippen molar-refractivity contribution in [2.45, 2.75) is 26.7 Å². The number of aromatic nitrogens is 2. The lowest BCUT2D eigenvalue weighted by Gasteiger charge is -1.97. The quantitative estimate of drug-likeness (QED) is 0.558. The van der Waals surface area contributed by atoms with E-state index in [1.807, 2.05) is 6.92 Å². The molecule has 14 heavy (non-hydrogen) atoms. The van der Waals surface area contributed by atoms with Crippen molar-refractivity contribution in [3.63, 3.8) is 0 Å². The molecule has 1 rings (SSSR count). The van der Waals surface area contributed by atoms with Crippen LogP contribution in [-0.2, 0) is 6.42 Å². The van der Waals surface area contributed by atoms with Gasteiger partial charge >= 0.3 is 0 Å². The van der Waals surface area contributed by atoms with E-state index < -0.39 is 0 Å². The predicted octanol–water partition coefficient (Wildman–Crippen LogP) is 0.924. The van der Waals surface area contributed by atoms with Crippen molar-refractivity contribution in [3.8, 4) is 11.8 Å². The van der Waals surface area contributed by atoms with E-state index in [1.54, 1.807) is 6.92 Å². The van der Waals surface area contributed by atoms with Crippen LogP contribution < -0.4 is 5.32 Å². The molecule has 0 aliphatic rings. The Kier molecular flexibility index (Phi) is 4.73. The van der Waals surface area contributed by atoms with Gasteiger partial charge in [-0.3, -0.25) is 0 Å². The molecule has 1 aromatic heterocycles. The Morgan fingerprint density at radius 2 is 2.29 bits per heavy atom. The van der Waals surface area contributed by atoms with Crippen LogP contribution in [0.3, 0.4) is 0 Å². The molecule has 4 heteroatoms. The van der Waals surface area contributed by atoms with Crippen molar-refractivity contribution in [1.29, 1.82) is 0 Å². The van der Waals surface area contributed by atoms with Gasteiger partial charge in [-0.15, -0.1) is 11.8 Å². The lowest BCUT2D eigenvalue weighted by Crippen LogP contribution is -2.18. The third-order valence-corrected chi connectivity index (χ3v) is 1.70. The first-order valence-electron chi connectivity index (χ1n) is 4.72. The van der Waals surface area contributed by atoms with Gasteiger partial charge < -0.3 is 9.84 Å². The molecule has 0 fully saturated rings. The summed E-state index contributed by atoms with van der Waals surface area (Å²) in [4.78, 5) is 4.10. The van der Waals surface area contributed by atoms with E-state index in [4.69, 9.17) is 4.52 Å². The van der Waals surface area contributed by atoms with Gasteiger partial charge in [0, 0.05) is 32.9 Å². The van der Waals surface area contributed by atoms with Gasteiger partial charge in [-0.05, 0) is 6.92 Å². The second-order valence-corrected chi connectivity index (χ2v) is 2.91. The summed E-state index contributed by atoms with van der Waals surface area (Å²) < 4.78 is 4.85. The molecule has 1 heterocycles. The molecule has 0 aliphatic heterocycles. The lowest BCUT2D eigenvalue weighted by atomic mass is 10.3. The molecule has 76 valence electrons. The highest BCUT2D eigenvalue weighted by Crippen LogP contribution is 1.94. The summed E-state index contributed by atoms with van der Waals surface area (Å²) in [6.07, 6.45) is 1.69. The van der Waals surface area contributed by atoms with E-state index >= 15 is 0 Å². The van der Waals surface area contributed by atoms with Crippen LogP contribution >= 0.6 is 0 Å². The van der Waals surface area contributed by atoms with Crippen LogP contribution in [0.5, 0.6) is 0 Å². The van der Waals surface area contributed by atoms with Gasteiger partial charge in [0.25, 0.3) is 0 Å². The molecule has 0 aromatic carbocycles. The molecular formula is C10H15N3O. The zero-order valence-corrected chi connectivity index (χ0v) is 8.63. The van der Waals surface area contributed by atoms with E-state index in [-0.39, 0.29) is 0 Å². The number of rotatable bonds is 5. The molecule has 0 amide bonds. The highest BCUT2D eigenvalue weighted by Gasteiger charge is 2.00. The van der Waals surface area contributed by atoms with Crippen molar-refractivity contribution < 1.29 is 4.52 Å². The molecule has 0 atom stereocenters. The van der Waals surface area contributed by atoms with Crippen LogP contribution in [0, 0.1) is 18.8 Å². The molecule has 1 aromatic rings. The normalized spacial score (nSPS) is 9.57. The van der Waals surface area contributed by atoms with Gasteiger partial charge in [-0.2, -0.15) is 4.98 Å². The van der Waals surface area contributed by atoms with Gasteiger partial charge in [0.05, 0.1) is 0 Å². The number of nitrogens with one attached hydrogen (secondary N) is 1. The summed E-state index contributed by atoms with van der Waals surface area (Å²) in [6.45, 7) is 5.42. The Morgan fingerprint density at radius 1 is 1.43 bits per heavy atom. The largest absolute Gasteiger partial charge is 0.340 e. The van der Waals surface area contributed by atoms with E-state index in [2.05, 4.69) is 27.3 Å². The third-order valence-electron chi connectivity index (χ3n) is 1.70. The van der Waals surface area contributed by atoms with Crippen molar-refractivity contribution >= 4 is 0 Å². The summed E-state index contributed by atoms with van der Waals surface area (Å²) in [5, 5.41) is 7.05. The fourth-order valence-corrected chi connectivity index (χ4v) is 1.04. The van der Waals surface area contributed by atoms with Gasteiger partial charge in [0.2, 0.25) is 5.89 Å². The Morgan fingerprint density at radius 3 is 2.93 bits per heavy atom. The van der Waals surface area contributed by atoms with Gasteiger partial charge in [-0.25, -0.2) is 0 Å². The van der Waals surface area contributed by atoms with E-state index in [0.29, 0.717) is 5.89 Å². The molecule has 0 aliphatic carbocycles. The van der Waals surface area contributed by atoms with Crippen molar-refractivity contribution in [2.75, 3.05) is 13.1 Å². The van der Waals surface area contributed by atoms with Crippen LogP contribution in [0.4, 0.5) is 0 Å². The maximum Gasteiger partial charge on any atom is 0.223 e. The number of hydrogen-bond donors (Lipinski definition) is 1. The van der Waals surface area contributed by atoms with E-state index in [9.17, 15) is 0 Å². The van der Waals surface area contributed by atoms with Crippen LogP contribution in [0.1, 0.15) is 25.1 Å². The summed E-state index contributed by atoms with van der Waals surface area (Å²) in [7, 11) is 0. The Balaban J connectivity index is 2.06. The fourth-order valence-electron chi connectivity index (χ4n) is 1.04. The number of nitrogens with zero attached hydrogens (tertiary/aromatic N) is 2. The molecule has 0 saturated heterocycles. The minimum Gasteiger partial charge on any atom is -0.340 e. The van der Waals surface area contributed by atoms with Crippen molar-refractivity contribution in [1.82, 2.24) is 15.5 Å². The summed E-state index contributed by atoms with van der Waals surface area (Å²) in [6, 6.07) is 0. The van der Waals surface area contributed by atoms with Crippen LogP contribution in [-0.4, -0.2) is 23.2 Å². The predicted molar refractivity (Wildman–Crippen MR) is 53.7 cm³/mol. The lowest BCUT2D eigenvalue weighted by molar-refractivity contribution is 0.387. The second-order valence-electron chi connectivity index (χ2n) is 2.91. The Hall–Kier alpha value is -1.34. The molecular weight excluding hydrogens is 178 g/mol. The average Bonchev–Trinajstić information content (AvgIpc) is 2.58. The molecule has 1 N–H and O–H groups in total. The second kappa shape index (κ2) is 6.17. The fraction of sp³-hybridized carbons (Fsp3) is 0.600. The highest BCUT2D eigenvalue weighted by atomic mass is 16.5. The van der Waals surface area contributed by atoms with E-state index in [0.717, 1.165) is 31.8 Å². The topological polar surface area (TPSA) is 51.0 Å². The third kappa shape index (κ3) is 4.06. The van der Waals surface area contributed by atoms with Gasteiger partial charge in [0.15, 0.2) is 5.82 Å². The summed E-state index contributed by atoms with van der Waals surface area (Å²) >= 11 is 0. The van der Waals surface area contributed by atoms with E-state index in [1.165, 1.54) is 0 Å². The molecule has 0 bridgehead atoms. The van der Waals surface area contributed by atoms with Crippen molar-refractivity contribution in [3.05, 3.63) is 11.7 Å². The SMILES string of the molecule is CC#CCCNCCc1noc(C)n1. The molecule has 0 saturated carbocycles. The highest BCUT2D eigenvalue weighted by molar-refractivity contribution is 4.95. The maximum absolute atomic E-state index is 4.85. The number of hydrogen-bond acceptors (Lipinski definition) is 4. The standard InChI is InChI=1S/C10H15N3O/c1-3-4-5-7-11-8-6-10-12-9(2)14-13-10/h11H,5-8H2,1-2H3. The molecule has 0 spiro atoms. The molecule has 4 nitrogen and oxygen atoms in total. The Bertz CT molecular complexity index is 322. The van der Waals surface area contributed by atoms with Crippen LogP contribution in [0.25, 0.3) is 0 Å². The summed E-state index contributed by atoms with van der Waals surface area (Å²) in [5.41, 5.74) is 0. The van der Waals surface area contributed by atoms with Crippen molar-refractivity contribution in [2.24, 2.45) is 0 Å². The smallest absolute Gasteiger partial charge is 0.223 e. The summed E-state index contributed by atoms with van der Waals surface area (Å²) in [5.74, 6) is 7.22. The van der Waals surface area contributed by atoms with Crippen LogP contribution in [0.15, 0.2) is 4.52 Å². The minimum atomic E-state index is 0.622. The zero-order chi connectivity index (χ0) is 10.2. The average molecular weight is 193 g/mol.